The van der Waals surface area contributed by atoms with E-state index in [4.69, 9.17) is 18.9 Å². The second-order valence-electron chi connectivity index (χ2n) is 9.76. The number of hydrogen-bond donors (Lipinski definition) is 5. The molecule has 3 aliphatic carbocycles. The Morgan fingerprint density at radius 2 is 1.79 bits per heavy atom. The van der Waals surface area contributed by atoms with E-state index < -0.39 is 84.5 Å². The highest BCUT2D eigenvalue weighted by Crippen LogP contribution is 2.73. The van der Waals surface area contributed by atoms with Crippen LogP contribution in [0.3, 0.4) is 0 Å². The van der Waals surface area contributed by atoms with Crippen LogP contribution in [0.15, 0.2) is 30.3 Å². The standard InChI is InChI=1S/C23H28O11/c1-21-8-13(25)12-7-23(21,33-19-17(28)16(27)15(26)14(9-24)32-19)22(12,20(30)34-21)10-31-18(29)11-5-3-2-4-6-11/h2-6,12-17,19,24-28H,7-10H2,1H3/t12-,13+,14+,15+,16-,17+,19-,21-,22-,23-/m0/s1. The highest BCUT2D eigenvalue weighted by molar-refractivity contribution is 5.90. The number of benzene rings is 1. The van der Waals surface area contributed by atoms with Crippen molar-refractivity contribution in [3.63, 3.8) is 0 Å². The predicted octanol–water partition coefficient (Wildman–Crippen LogP) is -1.51. The SMILES string of the molecule is C[C@]12C[C@@H](O)[C@@H]3C[C@@]1(O[C@@H]1O[C@H](CO)[C@@H](O)[C@H](O)[C@H]1O)[C@]3(COC(=O)c1ccccc1)C(=O)O2. The van der Waals surface area contributed by atoms with Crippen LogP contribution in [0.1, 0.15) is 30.1 Å². The summed E-state index contributed by atoms with van der Waals surface area (Å²) in [6.45, 7) is 0.508. The summed E-state index contributed by atoms with van der Waals surface area (Å²) in [5, 5.41) is 51.0. The van der Waals surface area contributed by atoms with Gasteiger partial charge in [-0.05, 0) is 25.5 Å². The number of aliphatic hydroxyl groups excluding tert-OH is 5. The number of fused-ring (bicyclic) bond motifs is 1. The molecule has 6 rings (SSSR count). The van der Waals surface area contributed by atoms with Crippen molar-refractivity contribution in [2.24, 2.45) is 11.3 Å². The topological polar surface area (TPSA) is 172 Å². The smallest absolute Gasteiger partial charge is 0.338 e. The quantitative estimate of drug-likeness (QED) is 0.300. The third kappa shape index (κ3) is 2.95. The van der Waals surface area contributed by atoms with Crippen LogP contribution in [0.4, 0.5) is 0 Å². The van der Waals surface area contributed by atoms with Crippen LogP contribution in [0.2, 0.25) is 0 Å². The first kappa shape index (κ1) is 23.6. The molecule has 3 saturated carbocycles. The molecule has 5 N–H and O–H groups in total. The molecule has 0 radical (unpaired) electrons. The van der Waals surface area contributed by atoms with Crippen molar-refractivity contribution in [3.8, 4) is 0 Å². The number of ether oxygens (including phenoxy) is 4. The molecule has 2 saturated heterocycles. The number of hydrogen-bond acceptors (Lipinski definition) is 11. The van der Waals surface area contributed by atoms with Crippen LogP contribution >= 0.6 is 0 Å². The molecule has 0 unspecified atom stereocenters. The Bertz CT molecular complexity index is 969. The Labute approximate surface area is 194 Å². The van der Waals surface area contributed by atoms with E-state index >= 15 is 0 Å². The largest absolute Gasteiger partial charge is 0.461 e. The Morgan fingerprint density at radius 3 is 2.47 bits per heavy atom. The minimum Gasteiger partial charge on any atom is -0.461 e. The van der Waals surface area contributed by atoms with Crippen LogP contribution in [0.5, 0.6) is 0 Å². The Hall–Kier alpha value is -2.12. The molecule has 11 nitrogen and oxygen atoms in total. The molecule has 11 heteroatoms. The van der Waals surface area contributed by atoms with Gasteiger partial charge in [-0.2, -0.15) is 0 Å². The zero-order valence-electron chi connectivity index (χ0n) is 18.4. The lowest BCUT2D eigenvalue weighted by molar-refractivity contribution is -0.394. The molecule has 186 valence electrons. The van der Waals surface area contributed by atoms with Gasteiger partial charge in [0.15, 0.2) is 6.29 Å². The molecule has 1 aromatic rings. The van der Waals surface area contributed by atoms with Crippen molar-refractivity contribution in [1.29, 1.82) is 0 Å². The molecule has 0 aromatic heterocycles. The van der Waals surface area contributed by atoms with Crippen LogP contribution in [-0.4, -0.2) is 98.7 Å². The first-order valence-corrected chi connectivity index (χ1v) is 11.2. The maximum absolute atomic E-state index is 13.2. The second kappa shape index (κ2) is 7.95. The van der Waals surface area contributed by atoms with E-state index in [0.717, 1.165) is 0 Å². The van der Waals surface area contributed by atoms with Gasteiger partial charge in [-0.1, -0.05) is 18.2 Å². The number of esters is 2. The van der Waals surface area contributed by atoms with Gasteiger partial charge in [-0.15, -0.1) is 0 Å². The molecular formula is C23H28O11. The van der Waals surface area contributed by atoms with Gasteiger partial charge < -0.3 is 44.5 Å². The van der Waals surface area contributed by atoms with Crippen LogP contribution in [-0.2, 0) is 23.7 Å². The summed E-state index contributed by atoms with van der Waals surface area (Å²) in [5.41, 5.74) is -4.08. The minimum atomic E-state index is -1.69. The predicted molar refractivity (Wildman–Crippen MR) is 110 cm³/mol. The number of carbonyl (C=O) groups excluding carboxylic acids is 2. The van der Waals surface area contributed by atoms with Crippen LogP contribution < -0.4 is 0 Å². The van der Waals surface area contributed by atoms with Crippen molar-refractivity contribution >= 4 is 11.9 Å². The molecule has 2 aliphatic heterocycles. The van der Waals surface area contributed by atoms with E-state index in [1.54, 1.807) is 37.3 Å². The van der Waals surface area contributed by atoms with Crippen molar-refractivity contribution in [2.45, 2.75) is 67.8 Å². The summed E-state index contributed by atoms with van der Waals surface area (Å²) < 4.78 is 22.9. The fourth-order valence-electron chi connectivity index (χ4n) is 6.19. The minimum absolute atomic E-state index is 0.0508. The van der Waals surface area contributed by atoms with Crippen molar-refractivity contribution in [3.05, 3.63) is 35.9 Å². The third-order valence-electron chi connectivity index (χ3n) is 8.07. The summed E-state index contributed by atoms with van der Waals surface area (Å²) >= 11 is 0. The van der Waals surface area contributed by atoms with Gasteiger partial charge in [-0.25, -0.2) is 4.79 Å². The molecule has 5 fully saturated rings. The molecule has 34 heavy (non-hydrogen) atoms. The highest BCUT2D eigenvalue weighted by Gasteiger charge is 2.88. The summed E-state index contributed by atoms with van der Waals surface area (Å²) in [5.74, 6) is -2.00. The van der Waals surface area contributed by atoms with E-state index in [1.807, 2.05) is 0 Å². The Morgan fingerprint density at radius 1 is 1.09 bits per heavy atom. The average Bonchev–Trinajstić information content (AvgIpc) is 2.88. The van der Waals surface area contributed by atoms with Crippen LogP contribution in [0, 0.1) is 11.3 Å². The van der Waals surface area contributed by atoms with Gasteiger partial charge in [0.25, 0.3) is 0 Å². The van der Waals surface area contributed by atoms with Crippen molar-refractivity contribution < 1.29 is 54.1 Å². The number of rotatable bonds is 6. The van der Waals surface area contributed by atoms with Gasteiger partial charge in [0.1, 0.15) is 47.6 Å². The summed E-state index contributed by atoms with van der Waals surface area (Å²) in [7, 11) is 0. The average molecular weight is 480 g/mol. The first-order valence-electron chi connectivity index (χ1n) is 11.2. The van der Waals surface area contributed by atoms with Crippen molar-refractivity contribution in [1.82, 2.24) is 0 Å². The molecular weight excluding hydrogens is 452 g/mol. The number of carbonyl (C=O) groups is 2. The van der Waals surface area contributed by atoms with E-state index in [-0.39, 0.29) is 18.4 Å². The number of aliphatic hydroxyl groups is 5. The molecule has 0 amide bonds. The van der Waals surface area contributed by atoms with Gasteiger partial charge >= 0.3 is 11.9 Å². The van der Waals surface area contributed by atoms with Gasteiger partial charge in [0.05, 0.1) is 18.3 Å². The van der Waals surface area contributed by atoms with E-state index in [9.17, 15) is 35.1 Å². The van der Waals surface area contributed by atoms with E-state index in [1.165, 1.54) is 0 Å². The summed E-state index contributed by atoms with van der Waals surface area (Å²) in [6, 6.07) is 8.20. The maximum Gasteiger partial charge on any atom is 0.338 e. The second-order valence-corrected chi connectivity index (χ2v) is 9.76. The normalized spacial score (nSPS) is 47.0. The summed E-state index contributed by atoms with van der Waals surface area (Å²) in [6.07, 6.45) is -8.41. The lowest BCUT2D eigenvalue weighted by Crippen LogP contribution is -2.80. The van der Waals surface area contributed by atoms with E-state index in [0.29, 0.717) is 0 Å². The Balaban J connectivity index is 1.46. The van der Waals surface area contributed by atoms with E-state index in [2.05, 4.69) is 0 Å². The monoisotopic (exact) mass is 480 g/mol. The fraction of sp³-hybridized carbons (Fsp3) is 0.652. The van der Waals surface area contributed by atoms with Gasteiger partial charge in [0.2, 0.25) is 0 Å². The van der Waals surface area contributed by atoms with Gasteiger partial charge in [0, 0.05) is 12.3 Å². The third-order valence-corrected chi connectivity index (χ3v) is 8.07. The molecule has 5 aliphatic rings. The Kier molecular flexibility index (Phi) is 5.52. The lowest BCUT2D eigenvalue weighted by atomic mass is 9.40. The zero-order chi connectivity index (χ0) is 24.5. The fourth-order valence-corrected chi connectivity index (χ4v) is 6.19. The van der Waals surface area contributed by atoms with Crippen molar-refractivity contribution in [2.75, 3.05) is 13.2 Å². The highest BCUT2D eigenvalue weighted by atomic mass is 16.7. The summed E-state index contributed by atoms with van der Waals surface area (Å²) in [4.78, 5) is 25.9. The molecule has 4 bridgehead atoms. The molecule has 10 atom stereocenters. The maximum atomic E-state index is 13.2. The van der Waals surface area contributed by atoms with Crippen LogP contribution in [0.25, 0.3) is 0 Å². The molecule has 2 heterocycles. The molecule has 0 spiro atoms. The van der Waals surface area contributed by atoms with Gasteiger partial charge in [-0.3, -0.25) is 4.79 Å². The molecule has 1 aromatic carbocycles. The first-order chi connectivity index (χ1) is 16.1. The lowest BCUT2D eigenvalue weighted by Gasteiger charge is -2.66. The zero-order valence-corrected chi connectivity index (χ0v) is 18.4.